The molecule has 6 rings (SSSR count). The van der Waals surface area contributed by atoms with Crippen molar-refractivity contribution in [2.45, 2.75) is 37.5 Å². The fourth-order valence-corrected chi connectivity index (χ4v) is 6.99. The van der Waals surface area contributed by atoms with E-state index in [0.717, 1.165) is 48.6 Å². The van der Waals surface area contributed by atoms with Crippen LogP contribution in [0.15, 0.2) is 59.1 Å². The van der Waals surface area contributed by atoms with Gasteiger partial charge in [0.1, 0.15) is 5.82 Å². The van der Waals surface area contributed by atoms with Crippen LogP contribution in [0, 0.1) is 11.7 Å². The highest BCUT2D eigenvalue weighted by Crippen LogP contribution is 2.42. The van der Waals surface area contributed by atoms with Crippen LogP contribution in [-0.2, 0) is 9.53 Å². The molecule has 0 aromatic heterocycles. The van der Waals surface area contributed by atoms with E-state index in [1.54, 1.807) is 0 Å². The van der Waals surface area contributed by atoms with Gasteiger partial charge >= 0.3 is 0 Å². The van der Waals surface area contributed by atoms with E-state index < -0.39 is 11.7 Å². The number of benzene rings is 3. The number of hydrogen-bond donors (Lipinski definition) is 2. The normalized spacial score (nSPS) is 19.4. The molecule has 2 saturated heterocycles. The van der Waals surface area contributed by atoms with Gasteiger partial charge in [-0.15, -0.1) is 0 Å². The summed E-state index contributed by atoms with van der Waals surface area (Å²) in [5.74, 6) is -0.774. The summed E-state index contributed by atoms with van der Waals surface area (Å²) in [5, 5.41) is 5.92. The van der Waals surface area contributed by atoms with E-state index in [2.05, 4.69) is 26.6 Å². The van der Waals surface area contributed by atoms with Crippen molar-refractivity contribution in [1.29, 1.82) is 0 Å². The van der Waals surface area contributed by atoms with E-state index in [0.29, 0.717) is 37.6 Å². The molecule has 0 radical (unpaired) electrons. The highest BCUT2D eigenvalue weighted by molar-refractivity contribution is 9.10. The van der Waals surface area contributed by atoms with Crippen LogP contribution in [0.1, 0.15) is 69.4 Å². The van der Waals surface area contributed by atoms with Gasteiger partial charge in [-0.25, -0.2) is 4.39 Å². The fraction of sp³-hybridized carbons (Fsp3) is 0.344. The van der Waals surface area contributed by atoms with Crippen LogP contribution in [0.5, 0.6) is 0 Å². The number of halogens is 3. The summed E-state index contributed by atoms with van der Waals surface area (Å²) in [6, 6.07) is 15.6. The Morgan fingerprint density at radius 1 is 1.00 bits per heavy atom. The Kier molecular flexibility index (Phi) is 8.34. The Bertz CT molecular complexity index is 1540. The lowest BCUT2D eigenvalue weighted by Crippen LogP contribution is -2.38. The monoisotopic (exact) mass is 653 g/mol. The molecule has 3 aliphatic rings. The van der Waals surface area contributed by atoms with E-state index in [9.17, 15) is 18.8 Å². The molecule has 2 N–H and O–H groups in total. The molecule has 1 atom stereocenters. The van der Waals surface area contributed by atoms with E-state index in [1.807, 2.05) is 47.4 Å². The second-order valence-electron chi connectivity index (χ2n) is 11.1. The van der Waals surface area contributed by atoms with Crippen molar-refractivity contribution < 1.29 is 23.5 Å². The molecule has 3 aliphatic heterocycles. The van der Waals surface area contributed by atoms with Crippen LogP contribution in [0.4, 0.5) is 15.8 Å². The van der Waals surface area contributed by atoms with Crippen molar-refractivity contribution in [3.8, 4) is 0 Å². The Morgan fingerprint density at radius 2 is 1.71 bits per heavy atom. The van der Waals surface area contributed by atoms with Gasteiger partial charge in [-0.2, -0.15) is 0 Å². The molecular weight excluding hydrogens is 625 g/mol. The highest BCUT2D eigenvalue weighted by Gasteiger charge is 2.38. The molecule has 0 aliphatic carbocycles. The number of amides is 3. The molecule has 218 valence electrons. The lowest BCUT2D eigenvalue weighted by atomic mass is 9.81. The minimum absolute atomic E-state index is 0.0116. The van der Waals surface area contributed by atoms with Gasteiger partial charge in [0.25, 0.3) is 11.8 Å². The lowest BCUT2D eigenvalue weighted by Gasteiger charge is -2.32. The van der Waals surface area contributed by atoms with Crippen molar-refractivity contribution in [2.24, 2.45) is 5.92 Å². The molecule has 0 spiro atoms. The van der Waals surface area contributed by atoms with Gasteiger partial charge in [-0.3, -0.25) is 14.4 Å². The first-order chi connectivity index (χ1) is 20.3. The van der Waals surface area contributed by atoms with Crippen molar-refractivity contribution in [3.05, 3.63) is 92.2 Å². The average Bonchev–Trinajstić information content (AvgIpc) is 3.34. The summed E-state index contributed by atoms with van der Waals surface area (Å²) in [7, 11) is 0. The third-order valence-corrected chi connectivity index (χ3v) is 9.51. The van der Waals surface area contributed by atoms with Crippen LogP contribution >= 0.6 is 27.5 Å². The van der Waals surface area contributed by atoms with E-state index in [4.69, 9.17) is 16.3 Å². The molecule has 0 saturated carbocycles. The summed E-state index contributed by atoms with van der Waals surface area (Å²) < 4.78 is 19.6. The van der Waals surface area contributed by atoms with Gasteiger partial charge in [-0.1, -0.05) is 23.7 Å². The Morgan fingerprint density at radius 3 is 2.43 bits per heavy atom. The first-order valence-corrected chi connectivity index (χ1v) is 15.3. The van der Waals surface area contributed by atoms with Gasteiger partial charge in [0, 0.05) is 43.2 Å². The van der Waals surface area contributed by atoms with Crippen molar-refractivity contribution in [2.75, 3.05) is 36.9 Å². The summed E-state index contributed by atoms with van der Waals surface area (Å²) in [6.07, 6.45) is 3.33. The number of ether oxygens (including phenoxy) is 1. The molecule has 2 fully saturated rings. The maximum absolute atomic E-state index is 13.9. The number of nitrogens with zero attached hydrogens (tertiary/aromatic N) is 1. The second kappa shape index (κ2) is 12.1. The van der Waals surface area contributed by atoms with E-state index in [1.165, 1.54) is 6.07 Å². The molecule has 0 bridgehead atoms. The molecule has 1 unspecified atom stereocenters. The minimum atomic E-state index is -0.563. The van der Waals surface area contributed by atoms with Crippen LogP contribution in [0.25, 0.3) is 0 Å². The number of carbonyl (C=O) groups excluding carboxylic acids is 3. The number of nitrogens with one attached hydrogen (secondary N) is 2. The van der Waals surface area contributed by atoms with Crippen LogP contribution < -0.4 is 10.6 Å². The Labute approximate surface area is 256 Å². The zero-order valence-electron chi connectivity index (χ0n) is 22.8. The SMILES string of the molecule is O=C(Nc1ccc(C2CCN(C(=O)c3ccc4c(c3)C(C3CCOCC3)C(=O)N4)CC2)cc1)c1cc(F)c(Br)cc1Cl. The third-order valence-electron chi connectivity index (χ3n) is 8.59. The molecule has 3 amide bonds. The summed E-state index contributed by atoms with van der Waals surface area (Å²) in [6.45, 7) is 2.59. The number of piperidine rings is 1. The number of rotatable bonds is 5. The van der Waals surface area contributed by atoms with Gasteiger partial charge in [0.2, 0.25) is 5.91 Å². The molecule has 42 heavy (non-hydrogen) atoms. The minimum Gasteiger partial charge on any atom is -0.381 e. The molecule has 3 heterocycles. The van der Waals surface area contributed by atoms with Gasteiger partial charge < -0.3 is 20.3 Å². The molecule has 3 aromatic carbocycles. The Balaban J connectivity index is 1.07. The van der Waals surface area contributed by atoms with Crippen LogP contribution in [-0.4, -0.2) is 48.9 Å². The predicted molar refractivity (Wildman–Crippen MR) is 163 cm³/mol. The summed E-state index contributed by atoms with van der Waals surface area (Å²) in [4.78, 5) is 40.8. The third kappa shape index (κ3) is 5.82. The van der Waals surface area contributed by atoms with Gasteiger partial charge in [-0.05, 0) is 107 Å². The second-order valence-corrected chi connectivity index (χ2v) is 12.4. The molecule has 7 nitrogen and oxygen atoms in total. The topological polar surface area (TPSA) is 87.7 Å². The molecule has 3 aromatic rings. The predicted octanol–water partition coefficient (Wildman–Crippen LogP) is 6.98. The quantitative estimate of drug-likeness (QED) is 0.291. The zero-order valence-corrected chi connectivity index (χ0v) is 25.1. The molecule has 10 heteroatoms. The van der Waals surface area contributed by atoms with Crippen molar-refractivity contribution in [1.82, 2.24) is 4.90 Å². The lowest BCUT2D eigenvalue weighted by molar-refractivity contribution is -0.118. The maximum atomic E-state index is 13.9. The highest BCUT2D eigenvalue weighted by atomic mass is 79.9. The number of fused-ring (bicyclic) bond motifs is 1. The van der Waals surface area contributed by atoms with Gasteiger partial charge in [0.15, 0.2) is 0 Å². The maximum Gasteiger partial charge on any atom is 0.257 e. The van der Waals surface area contributed by atoms with Crippen LogP contribution in [0.2, 0.25) is 5.02 Å². The van der Waals surface area contributed by atoms with E-state index in [-0.39, 0.29) is 44.6 Å². The van der Waals surface area contributed by atoms with Crippen LogP contribution in [0.3, 0.4) is 0 Å². The number of carbonyl (C=O) groups is 3. The first kappa shape index (κ1) is 28.8. The number of likely N-dealkylation sites (tertiary alicyclic amines) is 1. The van der Waals surface area contributed by atoms with E-state index >= 15 is 0 Å². The largest absolute Gasteiger partial charge is 0.381 e. The number of hydrogen-bond acceptors (Lipinski definition) is 4. The molecular formula is C32H30BrClFN3O4. The number of anilines is 2. The Hall–Kier alpha value is -3.27. The fourth-order valence-electron chi connectivity index (χ4n) is 6.27. The smallest absolute Gasteiger partial charge is 0.257 e. The van der Waals surface area contributed by atoms with Crippen molar-refractivity contribution in [3.63, 3.8) is 0 Å². The average molecular weight is 655 g/mol. The zero-order chi connectivity index (χ0) is 29.4. The standard InChI is InChI=1S/C32H30BrClFN3O4/c33-25-17-26(34)23(16-27(25)35)30(39)36-22-4-1-18(2-5-22)19-7-11-38(12-8-19)32(41)21-3-6-28-24(15-21)29(31(40)37-28)20-9-13-42-14-10-20/h1-6,15-17,19-20,29H,7-14H2,(H,36,39)(H,37,40). The summed E-state index contributed by atoms with van der Waals surface area (Å²) >= 11 is 9.19. The summed E-state index contributed by atoms with van der Waals surface area (Å²) in [5.41, 5.74) is 4.12. The van der Waals surface area contributed by atoms with Crippen molar-refractivity contribution >= 4 is 56.6 Å². The first-order valence-electron chi connectivity index (χ1n) is 14.2. The van der Waals surface area contributed by atoms with Gasteiger partial charge in [0.05, 0.1) is 21.0 Å².